The molecule has 2 heterocycles. The third kappa shape index (κ3) is 3.77. The predicted octanol–water partition coefficient (Wildman–Crippen LogP) is 1.82. The van der Waals surface area contributed by atoms with Gasteiger partial charge in [0.05, 0.1) is 10.9 Å². The van der Waals surface area contributed by atoms with Gasteiger partial charge in [-0.1, -0.05) is 0 Å². The lowest BCUT2D eigenvalue weighted by atomic mass is 10.0. The molecule has 0 radical (unpaired) electrons. The Morgan fingerprint density at radius 1 is 1.22 bits per heavy atom. The second kappa shape index (κ2) is 6.28. The third-order valence-corrected chi connectivity index (χ3v) is 6.57. The molecule has 0 amide bonds. The minimum Gasteiger partial charge on any atom is -0.355 e. The van der Waals surface area contributed by atoms with Crippen LogP contribution in [0.2, 0.25) is 0 Å². The molecule has 1 saturated heterocycles. The van der Waals surface area contributed by atoms with E-state index < -0.39 is 10.0 Å². The molecular formula is C16H26N4O2S. The average Bonchev–Trinajstić information content (AvgIpc) is 3.32. The van der Waals surface area contributed by atoms with E-state index in [-0.39, 0.29) is 5.25 Å². The summed E-state index contributed by atoms with van der Waals surface area (Å²) in [7, 11) is 0.954. The summed E-state index contributed by atoms with van der Waals surface area (Å²) in [4.78, 5) is 8.98. The number of piperidine rings is 1. The topological polar surface area (TPSA) is 65.5 Å². The normalized spacial score (nSPS) is 20.1. The highest BCUT2D eigenvalue weighted by molar-refractivity contribution is 7.93. The molecule has 2 fully saturated rings. The van der Waals surface area contributed by atoms with Crippen molar-refractivity contribution in [1.82, 2.24) is 9.88 Å². The van der Waals surface area contributed by atoms with Gasteiger partial charge in [-0.2, -0.15) is 0 Å². The summed E-state index contributed by atoms with van der Waals surface area (Å²) < 4.78 is 27.4. The van der Waals surface area contributed by atoms with Gasteiger partial charge in [-0.3, -0.25) is 4.72 Å². The summed E-state index contributed by atoms with van der Waals surface area (Å²) in [6, 6.07) is 2.48. The maximum absolute atomic E-state index is 12.3. The van der Waals surface area contributed by atoms with E-state index >= 15 is 0 Å². The summed E-state index contributed by atoms with van der Waals surface area (Å²) >= 11 is 0. The Balaban J connectivity index is 1.79. The molecule has 1 aromatic heterocycles. The van der Waals surface area contributed by atoms with E-state index in [1.54, 1.807) is 0 Å². The lowest BCUT2D eigenvalue weighted by Crippen LogP contribution is -2.42. The van der Waals surface area contributed by atoms with E-state index in [1.807, 2.05) is 19.2 Å². The Morgan fingerprint density at radius 2 is 1.87 bits per heavy atom. The van der Waals surface area contributed by atoms with Gasteiger partial charge in [0, 0.05) is 25.3 Å². The van der Waals surface area contributed by atoms with Crippen LogP contribution in [0.1, 0.15) is 31.2 Å². The van der Waals surface area contributed by atoms with E-state index in [2.05, 4.69) is 33.6 Å². The largest absolute Gasteiger partial charge is 0.355 e. The van der Waals surface area contributed by atoms with Crippen LogP contribution in [-0.4, -0.2) is 56.8 Å². The number of pyridine rings is 1. The van der Waals surface area contributed by atoms with Gasteiger partial charge < -0.3 is 9.80 Å². The molecule has 1 aromatic rings. The standard InChI is InChI=1S/C16H26N4O2S/c1-12-10-15(18-23(21,22)14-4-5-14)16(17-11-12)20-8-6-13(7-9-20)19(2)3/h10-11,13-14,18H,4-9H2,1-3H3. The van der Waals surface area contributed by atoms with Crippen molar-refractivity contribution in [2.24, 2.45) is 0 Å². The van der Waals surface area contributed by atoms with Crippen molar-refractivity contribution in [1.29, 1.82) is 0 Å². The molecular weight excluding hydrogens is 312 g/mol. The van der Waals surface area contributed by atoms with Crippen LogP contribution in [0.3, 0.4) is 0 Å². The van der Waals surface area contributed by atoms with E-state index in [1.165, 1.54) is 0 Å². The van der Waals surface area contributed by atoms with Gasteiger partial charge in [-0.15, -0.1) is 0 Å². The van der Waals surface area contributed by atoms with Crippen LogP contribution in [0.4, 0.5) is 11.5 Å². The second-order valence-corrected chi connectivity index (χ2v) is 8.87. The highest BCUT2D eigenvalue weighted by atomic mass is 32.2. The number of sulfonamides is 1. The van der Waals surface area contributed by atoms with Gasteiger partial charge in [0.1, 0.15) is 0 Å². The first-order valence-corrected chi connectivity index (χ1v) is 9.81. The van der Waals surface area contributed by atoms with Crippen LogP contribution in [0.25, 0.3) is 0 Å². The van der Waals surface area contributed by atoms with Gasteiger partial charge >= 0.3 is 0 Å². The van der Waals surface area contributed by atoms with Crippen LogP contribution >= 0.6 is 0 Å². The van der Waals surface area contributed by atoms with Gasteiger partial charge in [0.15, 0.2) is 5.82 Å². The van der Waals surface area contributed by atoms with E-state index in [9.17, 15) is 8.42 Å². The quantitative estimate of drug-likeness (QED) is 0.887. The number of hydrogen-bond donors (Lipinski definition) is 1. The molecule has 1 saturated carbocycles. The van der Waals surface area contributed by atoms with Crippen molar-refractivity contribution in [3.63, 3.8) is 0 Å². The second-order valence-electron chi connectivity index (χ2n) is 6.91. The fourth-order valence-electron chi connectivity index (χ4n) is 3.10. The molecule has 128 valence electrons. The first-order valence-electron chi connectivity index (χ1n) is 8.26. The highest BCUT2D eigenvalue weighted by Gasteiger charge is 2.36. The maximum Gasteiger partial charge on any atom is 0.235 e. The first kappa shape index (κ1) is 16.5. The van der Waals surface area contributed by atoms with Gasteiger partial charge in [-0.25, -0.2) is 13.4 Å². The molecule has 6 nitrogen and oxygen atoms in total. The molecule has 2 aliphatic rings. The lowest BCUT2D eigenvalue weighted by Gasteiger charge is -2.36. The van der Waals surface area contributed by atoms with Crippen molar-refractivity contribution in [3.8, 4) is 0 Å². The van der Waals surface area contributed by atoms with Gasteiger partial charge in [0.25, 0.3) is 0 Å². The number of rotatable bonds is 5. The number of nitrogens with one attached hydrogen (secondary N) is 1. The first-order chi connectivity index (χ1) is 10.9. The third-order valence-electron chi connectivity index (χ3n) is 4.71. The number of hydrogen-bond acceptors (Lipinski definition) is 5. The molecule has 1 aliphatic carbocycles. The van der Waals surface area contributed by atoms with E-state index in [4.69, 9.17) is 0 Å². The number of aromatic nitrogens is 1. The smallest absolute Gasteiger partial charge is 0.235 e. The minimum absolute atomic E-state index is 0.227. The zero-order chi connectivity index (χ0) is 16.6. The number of anilines is 2. The minimum atomic E-state index is -3.27. The Bertz CT molecular complexity index is 663. The Hall–Kier alpha value is -1.34. The van der Waals surface area contributed by atoms with Crippen LogP contribution in [0.15, 0.2) is 12.3 Å². The fourth-order valence-corrected chi connectivity index (χ4v) is 4.48. The lowest BCUT2D eigenvalue weighted by molar-refractivity contribution is 0.249. The monoisotopic (exact) mass is 338 g/mol. The summed E-state index contributed by atoms with van der Waals surface area (Å²) in [6.07, 6.45) is 5.47. The molecule has 23 heavy (non-hydrogen) atoms. The van der Waals surface area contributed by atoms with Crippen molar-refractivity contribution in [2.45, 2.75) is 43.9 Å². The van der Waals surface area contributed by atoms with Crippen LogP contribution < -0.4 is 9.62 Å². The van der Waals surface area contributed by atoms with Crippen molar-refractivity contribution in [2.75, 3.05) is 36.8 Å². The van der Waals surface area contributed by atoms with Gasteiger partial charge in [-0.05, 0) is 58.3 Å². The molecule has 0 spiro atoms. The molecule has 0 atom stereocenters. The van der Waals surface area contributed by atoms with Crippen LogP contribution in [-0.2, 0) is 10.0 Å². The molecule has 0 bridgehead atoms. The zero-order valence-electron chi connectivity index (χ0n) is 14.1. The van der Waals surface area contributed by atoms with Gasteiger partial charge in [0.2, 0.25) is 10.0 Å². The summed E-state index contributed by atoms with van der Waals surface area (Å²) in [5.41, 5.74) is 1.59. The van der Waals surface area contributed by atoms with Crippen molar-refractivity contribution in [3.05, 3.63) is 17.8 Å². The number of nitrogens with zero attached hydrogens (tertiary/aromatic N) is 3. The maximum atomic E-state index is 12.3. The Labute approximate surface area is 138 Å². The molecule has 3 rings (SSSR count). The Kier molecular flexibility index (Phi) is 4.51. The van der Waals surface area contributed by atoms with Crippen LogP contribution in [0.5, 0.6) is 0 Å². The highest BCUT2D eigenvalue weighted by Crippen LogP contribution is 2.33. The van der Waals surface area contributed by atoms with E-state index in [0.29, 0.717) is 11.7 Å². The fraction of sp³-hybridized carbons (Fsp3) is 0.688. The summed E-state index contributed by atoms with van der Waals surface area (Å²) in [5, 5.41) is -0.227. The van der Waals surface area contributed by atoms with Crippen LogP contribution in [0, 0.1) is 6.92 Å². The van der Waals surface area contributed by atoms with Crippen molar-refractivity contribution >= 4 is 21.5 Å². The molecule has 7 heteroatoms. The van der Waals surface area contributed by atoms with E-state index in [0.717, 1.165) is 50.2 Å². The molecule has 1 N–H and O–H groups in total. The molecule has 0 unspecified atom stereocenters. The summed E-state index contributed by atoms with van der Waals surface area (Å²) in [6.45, 7) is 3.73. The SMILES string of the molecule is Cc1cnc(N2CCC(N(C)C)CC2)c(NS(=O)(=O)C2CC2)c1. The summed E-state index contributed by atoms with van der Waals surface area (Å²) in [5.74, 6) is 0.761. The zero-order valence-corrected chi connectivity index (χ0v) is 14.9. The molecule has 1 aliphatic heterocycles. The predicted molar refractivity (Wildman–Crippen MR) is 93.5 cm³/mol. The molecule has 0 aromatic carbocycles. The van der Waals surface area contributed by atoms with Crippen molar-refractivity contribution < 1.29 is 8.42 Å². The Morgan fingerprint density at radius 3 is 2.43 bits per heavy atom. The number of aryl methyl sites for hydroxylation is 1. The average molecular weight is 338 g/mol.